The van der Waals surface area contributed by atoms with E-state index < -0.39 is 0 Å². The van der Waals surface area contributed by atoms with Gasteiger partial charge in [-0.05, 0) is 85.9 Å². The summed E-state index contributed by atoms with van der Waals surface area (Å²) in [7, 11) is 0. The molecule has 4 rings (SSSR count). The molecule has 0 aliphatic heterocycles. The average molecular weight is 317 g/mol. The van der Waals surface area contributed by atoms with E-state index >= 15 is 0 Å². The summed E-state index contributed by atoms with van der Waals surface area (Å²) in [5.41, 5.74) is 0.209. The summed E-state index contributed by atoms with van der Waals surface area (Å²) in [6, 6.07) is 2.55. The van der Waals surface area contributed by atoms with Gasteiger partial charge in [-0.2, -0.15) is 5.26 Å². The molecule has 4 saturated carbocycles. The first-order valence-electron chi connectivity index (χ1n) is 9.66. The molecule has 9 atom stereocenters. The van der Waals surface area contributed by atoms with Crippen molar-refractivity contribution in [2.45, 2.75) is 77.4 Å². The molecule has 0 heterocycles. The van der Waals surface area contributed by atoms with Crippen LogP contribution >= 0.6 is 0 Å². The van der Waals surface area contributed by atoms with Crippen LogP contribution in [0.4, 0.5) is 0 Å². The van der Waals surface area contributed by atoms with E-state index in [1.54, 1.807) is 0 Å². The second kappa shape index (κ2) is 5.20. The maximum atomic E-state index is 11.1. The summed E-state index contributed by atoms with van der Waals surface area (Å²) in [5, 5.41) is 30.8. The molecule has 4 unspecified atom stereocenters. The van der Waals surface area contributed by atoms with Crippen molar-refractivity contribution in [3.8, 4) is 6.07 Å². The Balaban J connectivity index is 1.68. The highest BCUT2D eigenvalue weighted by molar-refractivity contribution is 5.14. The molecule has 0 radical (unpaired) electrons. The molecule has 4 aliphatic carbocycles. The van der Waals surface area contributed by atoms with E-state index in [4.69, 9.17) is 0 Å². The fourth-order valence-corrected chi connectivity index (χ4v) is 7.57. The van der Waals surface area contributed by atoms with Gasteiger partial charge in [-0.15, -0.1) is 0 Å². The van der Waals surface area contributed by atoms with Crippen molar-refractivity contribution in [2.75, 3.05) is 0 Å². The molecule has 0 aromatic rings. The predicted molar refractivity (Wildman–Crippen MR) is 88.2 cm³/mol. The summed E-state index contributed by atoms with van der Waals surface area (Å²) in [4.78, 5) is 0. The van der Waals surface area contributed by atoms with Crippen molar-refractivity contribution >= 4 is 0 Å². The maximum Gasteiger partial charge on any atom is 0.0661 e. The minimum atomic E-state index is -0.266. The molecule has 0 spiro atoms. The number of nitrogens with zero attached hydrogens (tertiary/aromatic N) is 1. The number of fused-ring (bicyclic) bond motifs is 5. The molecule has 0 aromatic carbocycles. The minimum absolute atomic E-state index is 0.0205. The van der Waals surface area contributed by atoms with E-state index in [2.05, 4.69) is 19.9 Å². The monoisotopic (exact) mass is 317 g/mol. The van der Waals surface area contributed by atoms with Gasteiger partial charge in [-0.3, -0.25) is 0 Å². The third kappa shape index (κ3) is 2.07. The molecule has 0 saturated heterocycles. The van der Waals surface area contributed by atoms with E-state index in [1.807, 2.05) is 0 Å². The van der Waals surface area contributed by atoms with Crippen LogP contribution in [0.15, 0.2) is 0 Å². The van der Waals surface area contributed by atoms with Crippen LogP contribution in [0, 0.1) is 51.8 Å². The maximum absolute atomic E-state index is 11.1. The zero-order valence-corrected chi connectivity index (χ0v) is 14.5. The lowest BCUT2D eigenvalue weighted by molar-refractivity contribution is -0.175. The van der Waals surface area contributed by atoms with Gasteiger partial charge in [-0.25, -0.2) is 0 Å². The number of hydrogen-bond donors (Lipinski definition) is 2. The van der Waals surface area contributed by atoms with Crippen molar-refractivity contribution < 1.29 is 10.2 Å². The van der Waals surface area contributed by atoms with E-state index in [1.165, 1.54) is 19.3 Å². The number of aliphatic hydroxyl groups excluding tert-OH is 2. The van der Waals surface area contributed by atoms with Crippen LogP contribution in [0.2, 0.25) is 0 Å². The quantitative estimate of drug-likeness (QED) is 0.718. The Morgan fingerprint density at radius 2 is 1.78 bits per heavy atom. The highest BCUT2D eigenvalue weighted by Gasteiger charge is 2.63. The fraction of sp³-hybridized carbons (Fsp3) is 0.950. The van der Waals surface area contributed by atoms with Crippen LogP contribution in [-0.2, 0) is 0 Å². The Morgan fingerprint density at radius 1 is 1.00 bits per heavy atom. The molecule has 23 heavy (non-hydrogen) atoms. The van der Waals surface area contributed by atoms with Gasteiger partial charge in [0.25, 0.3) is 0 Å². The molecule has 2 N–H and O–H groups in total. The molecule has 4 aliphatic rings. The highest BCUT2D eigenvalue weighted by Crippen LogP contribution is 2.67. The third-order valence-corrected chi connectivity index (χ3v) is 8.72. The van der Waals surface area contributed by atoms with Gasteiger partial charge in [0.1, 0.15) is 0 Å². The number of nitriles is 1. The minimum Gasteiger partial charge on any atom is -0.393 e. The Bertz CT molecular complexity index is 528. The first-order valence-corrected chi connectivity index (χ1v) is 9.66. The zero-order valence-electron chi connectivity index (χ0n) is 14.5. The smallest absolute Gasteiger partial charge is 0.0661 e. The second-order valence-corrected chi connectivity index (χ2v) is 9.54. The van der Waals surface area contributed by atoms with Gasteiger partial charge in [-0.1, -0.05) is 13.8 Å². The van der Waals surface area contributed by atoms with Crippen LogP contribution < -0.4 is 0 Å². The molecule has 0 bridgehead atoms. The van der Waals surface area contributed by atoms with E-state index in [0.29, 0.717) is 23.7 Å². The number of rotatable bonds is 0. The van der Waals surface area contributed by atoms with Crippen molar-refractivity contribution in [3.05, 3.63) is 0 Å². The van der Waals surface area contributed by atoms with Crippen LogP contribution in [-0.4, -0.2) is 22.4 Å². The van der Waals surface area contributed by atoms with Gasteiger partial charge < -0.3 is 10.2 Å². The summed E-state index contributed by atoms with van der Waals surface area (Å²) in [5.74, 6) is 2.27. The normalized spacial score (nSPS) is 58.7. The fourth-order valence-electron chi connectivity index (χ4n) is 7.57. The summed E-state index contributed by atoms with van der Waals surface area (Å²) < 4.78 is 0. The molecule has 3 nitrogen and oxygen atoms in total. The van der Waals surface area contributed by atoms with Gasteiger partial charge in [0.05, 0.1) is 24.2 Å². The summed E-state index contributed by atoms with van der Waals surface area (Å²) >= 11 is 0. The largest absolute Gasteiger partial charge is 0.393 e. The zero-order chi connectivity index (χ0) is 16.4. The van der Waals surface area contributed by atoms with Crippen LogP contribution in [0.5, 0.6) is 0 Å². The lowest BCUT2D eigenvalue weighted by atomic mass is 9.44. The van der Waals surface area contributed by atoms with E-state index in [0.717, 1.165) is 32.1 Å². The second-order valence-electron chi connectivity index (χ2n) is 9.54. The van der Waals surface area contributed by atoms with Crippen LogP contribution in [0.25, 0.3) is 0 Å². The molecule has 0 amide bonds. The molecule has 0 aromatic heterocycles. The first kappa shape index (κ1) is 15.9. The topological polar surface area (TPSA) is 64.2 Å². The molecular formula is C20H31NO2. The predicted octanol–water partition coefficient (Wildman–Crippen LogP) is 3.50. The number of aliphatic hydroxyl groups is 2. The summed E-state index contributed by atoms with van der Waals surface area (Å²) in [6.07, 6.45) is 7.87. The van der Waals surface area contributed by atoms with Crippen LogP contribution in [0.1, 0.15) is 65.2 Å². The van der Waals surface area contributed by atoms with Crippen molar-refractivity contribution in [2.24, 2.45) is 40.4 Å². The molecule has 4 fully saturated rings. The molecular weight excluding hydrogens is 286 g/mol. The van der Waals surface area contributed by atoms with Crippen molar-refractivity contribution in [1.82, 2.24) is 0 Å². The number of hydrogen-bond acceptors (Lipinski definition) is 3. The highest BCUT2D eigenvalue weighted by atomic mass is 16.3. The van der Waals surface area contributed by atoms with Crippen molar-refractivity contribution in [1.29, 1.82) is 5.26 Å². The Hall–Kier alpha value is -0.590. The van der Waals surface area contributed by atoms with Gasteiger partial charge >= 0.3 is 0 Å². The summed E-state index contributed by atoms with van der Waals surface area (Å²) in [6.45, 7) is 4.67. The first-order chi connectivity index (χ1) is 10.9. The SMILES string of the molecule is C[C@]12CCC(O)CC1CC[C@@H]1[C@H]2C(O)C[C@]2(C)C(C#N)CC[C@@H]12. The Morgan fingerprint density at radius 3 is 2.52 bits per heavy atom. The lowest BCUT2D eigenvalue weighted by Crippen LogP contribution is -2.59. The average Bonchev–Trinajstić information content (AvgIpc) is 2.83. The van der Waals surface area contributed by atoms with E-state index in [-0.39, 0.29) is 29.0 Å². The van der Waals surface area contributed by atoms with Gasteiger partial charge in [0.15, 0.2) is 0 Å². The Labute approximate surface area is 140 Å². The Kier molecular flexibility index (Phi) is 3.60. The molecule has 3 heteroatoms. The van der Waals surface area contributed by atoms with Gasteiger partial charge in [0, 0.05) is 0 Å². The lowest BCUT2D eigenvalue weighted by Gasteiger charge is -2.62. The van der Waals surface area contributed by atoms with Crippen LogP contribution in [0.3, 0.4) is 0 Å². The van der Waals surface area contributed by atoms with Crippen molar-refractivity contribution in [3.63, 3.8) is 0 Å². The van der Waals surface area contributed by atoms with E-state index in [9.17, 15) is 15.5 Å². The standard InChI is InChI=1S/C20H31NO2/c1-19-8-7-14(22)9-12(19)3-5-15-16-6-4-13(11-21)20(16,2)10-17(23)18(15)19/h12-18,22-23H,3-10H2,1-2H3/t12?,13?,14?,15-,16-,17?,18-,19-,20+/m0/s1. The third-order valence-electron chi connectivity index (χ3n) is 8.72. The van der Waals surface area contributed by atoms with Gasteiger partial charge in [0.2, 0.25) is 0 Å². The molecule has 128 valence electrons.